The van der Waals surface area contributed by atoms with E-state index >= 15 is 0 Å². The van der Waals surface area contributed by atoms with Gasteiger partial charge in [0.15, 0.2) is 0 Å². The first-order valence-electron chi connectivity index (χ1n) is 7.14. The molecule has 1 atom stereocenters. The molecule has 1 heterocycles. The molecule has 0 bridgehead atoms. The van der Waals surface area contributed by atoms with E-state index in [1.54, 1.807) is 6.07 Å². The molecule has 1 saturated heterocycles. The van der Waals surface area contributed by atoms with E-state index in [1.165, 1.54) is 12.5 Å². The van der Waals surface area contributed by atoms with Crippen LogP contribution in [0.3, 0.4) is 0 Å². The first kappa shape index (κ1) is 15.2. The van der Waals surface area contributed by atoms with Crippen molar-refractivity contribution in [1.29, 1.82) is 0 Å². The minimum absolute atomic E-state index is 0.131. The van der Waals surface area contributed by atoms with E-state index in [0.29, 0.717) is 11.6 Å². The highest BCUT2D eigenvalue weighted by molar-refractivity contribution is 5.56. The van der Waals surface area contributed by atoms with Gasteiger partial charge in [-0.2, -0.15) is 13.2 Å². The Hall–Kier alpha value is -1.23. The van der Waals surface area contributed by atoms with Crippen molar-refractivity contribution in [2.24, 2.45) is 5.73 Å². The van der Waals surface area contributed by atoms with Crippen LogP contribution in [0, 0.1) is 0 Å². The molecule has 1 aromatic rings. The minimum atomic E-state index is -4.31. The van der Waals surface area contributed by atoms with Gasteiger partial charge in [-0.15, -0.1) is 0 Å². The Morgan fingerprint density at radius 1 is 1.30 bits per heavy atom. The number of nitrogens with zero attached hydrogens (tertiary/aromatic N) is 1. The third-order valence-electron chi connectivity index (χ3n) is 4.03. The van der Waals surface area contributed by atoms with Gasteiger partial charge in [-0.3, -0.25) is 0 Å². The molecule has 0 radical (unpaired) electrons. The highest BCUT2D eigenvalue weighted by Crippen LogP contribution is 2.35. The molecule has 2 N–H and O–H groups in total. The Labute approximate surface area is 117 Å². The molecule has 0 saturated carbocycles. The maximum Gasteiger partial charge on any atom is 0.416 e. The van der Waals surface area contributed by atoms with Gasteiger partial charge in [0, 0.05) is 24.8 Å². The van der Waals surface area contributed by atoms with Crippen molar-refractivity contribution in [3.63, 3.8) is 0 Å². The zero-order chi connectivity index (χ0) is 14.8. The zero-order valence-corrected chi connectivity index (χ0v) is 11.7. The van der Waals surface area contributed by atoms with Crippen LogP contribution in [-0.4, -0.2) is 12.6 Å². The molecule has 1 aromatic carbocycles. The molecule has 112 valence electrons. The monoisotopic (exact) mass is 286 g/mol. The Morgan fingerprint density at radius 2 is 2.05 bits per heavy atom. The van der Waals surface area contributed by atoms with E-state index in [2.05, 4.69) is 11.8 Å². The van der Waals surface area contributed by atoms with Crippen molar-refractivity contribution < 1.29 is 13.2 Å². The summed E-state index contributed by atoms with van der Waals surface area (Å²) >= 11 is 0. The lowest BCUT2D eigenvalue weighted by Crippen LogP contribution is -2.39. The van der Waals surface area contributed by atoms with E-state index in [4.69, 9.17) is 5.73 Å². The van der Waals surface area contributed by atoms with Gasteiger partial charge in [-0.1, -0.05) is 6.92 Å². The predicted octanol–water partition coefficient (Wildman–Crippen LogP) is 3.93. The molecule has 1 aliphatic heterocycles. The van der Waals surface area contributed by atoms with Crippen molar-refractivity contribution in [3.8, 4) is 0 Å². The van der Waals surface area contributed by atoms with Gasteiger partial charge in [-0.05, 0) is 49.4 Å². The summed E-state index contributed by atoms with van der Waals surface area (Å²) in [6.07, 6.45) is 0.0657. The molecular weight excluding hydrogens is 265 g/mol. The zero-order valence-electron chi connectivity index (χ0n) is 11.7. The summed E-state index contributed by atoms with van der Waals surface area (Å²) in [4.78, 5) is 2.23. The van der Waals surface area contributed by atoms with Gasteiger partial charge in [0.05, 0.1) is 5.56 Å². The van der Waals surface area contributed by atoms with E-state index in [1.807, 2.05) is 0 Å². The summed E-state index contributed by atoms with van der Waals surface area (Å²) in [6, 6.07) is 4.34. The third kappa shape index (κ3) is 3.08. The van der Waals surface area contributed by atoms with Crippen LogP contribution in [-0.2, 0) is 12.7 Å². The van der Waals surface area contributed by atoms with Crippen LogP contribution in [0.2, 0.25) is 0 Å². The van der Waals surface area contributed by atoms with E-state index < -0.39 is 11.7 Å². The van der Waals surface area contributed by atoms with Crippen LogP contribution in [0.1, 0.15) is 43.7 Å². The molecule has 0 aromatic heterocycles. The number of benzene rings is 1. The SMILES string of the molecule is CCC1CCCCN1c1ccc(C(F)(F)F)cc1CN. The lowest BCUT2D eigenvalue weighted by molar-refractivity contribution is -0.137. The second-order valence-corrected chi connectivity index (χ2v) is 5.30. The fraction of sp³-hybridized carbons (Fsp3) is 0.600. The molecule has 1 aliphatic rings. The normalized spacial score (nSPS) is 20.2. The lowest BCUT2D eigenvalue weighted by atomic mass is 9.97. The van der Waals surface area contributed by atoms with Gasteiger partial charge in [0.2, 0.25) is 0 Å². The Morgan fingerprint density at radius 3 is 2.65 bits per heavy atom. The average Bonchev–Trinajstić information content (AvgIpc) is 2.45. The maximum absolute atomic E-state index is 12.8. The van der Waals surface area contributed by atoms with E-state index in [-0.39, 0.29) is 6.54 Å². The van der Waals surface area contributed by atoms with Gasteiger partial charge >= 0.3 is 6.18 Å². The van der Waals surface area contributed by atoms with Gasteiger partial charge in [0.25, 0.3) is 0 Å². The van der Waals surface area contributed by atoms with Crippen LogP contribution >= 0.6 is 0 Å². The largest absolute Gasteiger partial charge is 0.416 e. The van der Waals surface area contributed by atoms with Crippen molar-refractivity contribution in [2.75, 3.05) is 11.4 Å². The maximum atomic E-state index is 12.8. The van der Waals surface area contributed by atoms with Gasteiger partial charge in [0.1, 0.15) is 0 Å². The first-order chi connectivity index (χ1) is 9.47. The standard InChI is InChI=1S/C15H21F3N2/c1-2-13-5-3-4-8-20(13)14-7-6-12(15(16,17)18)9-11(14)10-19/h6-7,9,13H,2-5,8,10,19H2,1H3. The predicted molar refractivity (Wildman–Crippen MR) is 74.6 cm³/mol. The number of hydrogen-bond donors (Lipinski definition) is 1. The summed E-state index contributed by atoms with van der Waals surface area (Å²) < 4.78 is 38.3. The summed E-state index contributed by atoms with van der Waals surface area (Å²) in [6.45, 7) is 3.15. The Balaban J connectivity index is 2.36. The van der Waals surface area contributed by atoms with Crippen molar-refractivity contribution in [1.82, 2.24) is 0 Å². The number of anilines is 1. The molecule has 0 spiro atoms. The molecule has 0 aliphatic carbocycles. The minimum Gasteiger partial charge on any atom is -0.368 e. The summed E-state index contributed by atoms with van der Waals surface area (Å²) in [7, 11) is 0. The third-order valence-corrected chi connectivity index (χ3v) is 4.03. The second kappa shape index (κ2) is 6.04. The first-order valence-corrected chi connectivity index (χ1v) is 7.14. The number of rotatable bonds is 3. The van der Waals surface area contributed by atoms with Crippen molar-refractivity contribution >= 4 is 5.69 Å². The molecule has 20 heavy (non-hydrogen) atoms. The number of halogens is 3. The molecule has 5 heteroatoms. The van der Waals surface area contributed by atoms with E-state index in [9.17, 15) is 13.2 Å². The van der Waals surface area contributed by atoms with Crippen LogP contribution in [0.4, 0.5) is 18.9 Å². The average molecular weight is 286 g/mol. The number of alkyl halides is 3. The summed E-state index contributed by atoms with van der Waals surface area (Å²) in [5.74, 6) is 0. The summed E-state index contributed by atoms with van der Waals surface area (Å²) in [5, 5.41) is 0. The van der Waals surface area contributed by atoms with E-state index in [0.717, 1.165) is 37.6 Å². The highest BCUT2D eigenvalue weighted by atomic mass is 19.4. The molecule has 1 unspecified atom stereocenters. The Bertz CT molecular complexity index is 457. The topological polar surface area (TPSA) is 29.3 Å². The summed E-state index contributed by atoms with van der Waals surface area (Å²) in [5.41, 5.74) is 6.49. The van der Waals surface area contributed by atoms with Gasteiger partial charge < -0.3 is 10.6 Å². The number of hydrogen-bond acceptors (Lipinski definition) is 2. The fourth-order valence-corrected chi connectivity index (χ4v) is 2.95. The van der Waals surface area contributed by atoms with Crippen LogP contribution in [0.15, 0.2) is 18.2 Å². The molecular formula is C15H21F3N2. The lowest BCUT2D eigenvalue weighted by Gasteiger charge is -2.38. The van der Waals surface area contributed by atoms with Crippen molar-refractivity contribution in [3.05, 3.63) is 29.3 Å². The van der Waals surface area contributed by atoms with Crippen LogP contribution in [0.5, 0.6) is 0 Å². The Kier molecular flexibility index (Phi) is 4.58. The number of piperidine rings is 1. The molecule has 1 fully saturated rings. The van der Waals surface area contributed by atoms with Crippen LogP contribution in [0.25, 0.3) is 0 Å². The van der Waals surface area contributed by atoms with Crippen LogP contribution < -0.4 is 10.6 Å². The highest BCUT2D eigenvalue weighted by Gasteiger charge is 2.32. The smallest absolute Gasteiger partial charge is 0.368 e. The fourth-order valence-electron chi connectivity index (χ4n) is 2.95. The quantitative estimate of drug-likeness (QED) is 0.912. The van der Waals surface area contributed by atoms with Gasteiger partial charge in [-0.25, -0.2) is 0 Å². The number of nitrogens with two attached hydrogens (primary N) is 1. The second-order valence-electron chi connectivity index (χ2n) is 5.30. The molecule has 2 rings (SSSR count). The van der Waals surface area contributed by atoms with Crippen molar-refractivity contribution in [2.45, 2.75) is 51.4 Å². The molecule has 2 nitrogen and oxygen atoms in total. The molecule has 0 amide bonds.